The van der Waals surface area contributed by atoms with Crippen LogP contribution in [0.15, 0.2) is 41.3 Å². The molecule has 11 heteroatoms. The molecule has 0 radical (unpaired) electrons. The summed E-state index contributed by atoms with van der Waals surface area (Å²) in [5.74, 6) is -0.412. The van der Waals surface area contributed by atoms with Crippen LogP contribution in [0.25, 0.3) is 0 Å². The van der Waals surface area contributed by atoms with Gasteiger partial charge in [-0.05, 0) is 43.2 Å². The molecule has 3 rings (SSSR count). The zero-order chi connectivity index (χ0) is 21.9. The Morgan fingerprint density at radius 3 is 2.50 bits per heavy atom. The van der Waals surface area contributed by atoms with Crippen LogP contribution in [0.2, 0.25) is 5.02 Å². The third-order valence-corrected chi connectivity index (χ3v) is 6.99. The maximum absolute atomic E-state index is 12.9. The number of nitro benzene ring substituents is 1. The third kappa shape index (κ3) is 4.55. The first kappa shape index (κ1) is 22.0. The minimum atomic E-state index is -3.71. The van der Waals surface area contributed by atoms with Gasteiger partial charge in [-0.3, -0.25) is 14.9 Å². The molecule has 2 aromatic rings. The average Bonchev–Trinajstić information content (AvgIpc) is 2.74. The highest BCUT2D eigenvalue weighted by Gasteiger charge is 2.27. The Morgan fingerprint density at radius 1 is 1.17 bits per heavy atom. The van der Waals surface area contributed by atoms with Crippen molar-refractivity contribution < 1.29 is 22.9 Å². The molecule has 1 heterocycles. The predicted octanol–water partition coefficient (Wildman–Crippen LogP) is 3.68. The quantitative estimate of drug-likeness (QED) is 0.526. The second-order valence-electron chi connectivity index (χ2n) is 6.70. The number of amides is 1. The molecule has 0 saturated carbocycles. The first-order chi connectivity index (χ1) is 14.2. The molecule has 160 valence electrons. The van der Waals surface area contributed by atoms with E-state index in [4.69, 9.17) is 16.3 Å². The number of sulfonamides is 1. The lowest BCUT2D eigenvalue weighted by Crippen LogP contribution is -2.35. The highest BCUT2D eigenvalue weighted by Crippen LogP contribution is 2.31. The van der Waals surface area contributed by atoms with Crippen molar-refractivity contribution in [3.8, 4) is 5.75 Å². The van der Waals surface area contributed by atoms with E-state index < -0.39 is 26.5 Å². The van der Waals surface area contributed by atoms with E-state index in [0.717, 1.165) is 25.3 Å². The zero-order valence-electron chi connectivity index (χ0n) is 16.1. The largest absolute Gasteiger partial charge is 0.495 e. The lowest BCUT2D eigenvalue weighted by molar-refractivity contribution is -0.384. The number of methoxy groups -OCH3 is 1. The lowest BCUT2D eigenvalue weighted by Gasteiger charge is -2.26. The Kier molecular flexibility index (Phi) is 6.59. The Balaban J connectivity index is 1.92. The van der Waals surface area contributed by atoms with Crippen molar-refractivity contribution in [1.29, 1.82) is 0 Å². The molecule has 1 aliphatic rings. The van der Waals surface area contributed by atoms with Crippen LogP contribution in [0.4, 0.5) is 11.4 Å². The van der Waals surface area contributed by atoms with E-state index in [0.29, 0.717) is 13.1 Å². The van der Waals surface area contributed by atoms with Crippen molar-refractivity contribution in [2.45, 2.75) is 24.2 Å². The predicted molar refractivity (Wildman–Crippen MR) is 112 cm³/mol. The van der Waals surface area contributed by atoms with Crippen molar-refractivity contribution in [3.63, 3.8) is 0 Å². The SMILES string of the molecule is COc1ccc(S(=O)(=O)N2CCCCC2)cc1NC(=O)c1ccc(Cl)c([N+](=O)[O-])c1. The maximum Gasteiger partial charge on any atom is 0.288 e. The van der Waals surface area contributed by atoms with Crippen molar-refractivity contribution in [2.24, 2.45) is 0 Å². The number of nitro groups is 1. The standard InChI is InChI=1S/C19H20ClN3O6S/c1-29-18-8-6-14(30(27,28)22-9-3-2-4-10-22)12-16(18)21-19(24)13-5-7-15(20)17(11-13)23(25)26/h5-8,11-12H,2-4,9-10H2,1H3,(H,21,24). The Morgan fingerprint density at radius 2 is 1.87 bits per heavy atom. The molecule has 1 aliphatic heterocycles. The molecule has 1 amide bonds. The van der Waals surface area contributed by atoms with Gasteiger partial charge in [-0.15, -0.1) is 0 Å². The number of hydrogen-bond acceptors (Lipinski definition) is 6. The average molecular weight is 454 g/mol. The van der Waals surface area contributed by atoms with Gasteiger partial charge in [-0.25, -0.2) is 8.42 Å². The summed E-state index contributed by atoms with van der Waals surface area (Å²) in [6.45, 7) is 0.898. The van der Waals surface area contributed by atoms with E-state index in [9.17, 15) is 23.3 Å². The van der Waals surface area contributed by atoms with E-state index in [1.54, 1.807) is 0 Å². The van der Waals surface area contributed by atoms with Crippen molar-refractivity contribution in [2.75, 3.05) is 25.5 Å². The minimum absolute atomic E-state index is 0.00237. The number of benzene rings is 2. The van der Waals surface area contributed by atoms with Gasteiger partial charge in [0.15, 0.2) is 0 Å². The summed E-state index contributed by atoms with van der Waals surface area (Å²) in [6.07, 6.45) is 2.59. The highest BCUT2D eigenvalue weighted by atomic mass is 35.5. The molecule has 0 aromatic heterocycles. The van der Waals surface area contributed by atoms with Crippen LogP contribution in [0, 0.1) is 10.1 Å². The smallest absolute Gasteiger partial charge is 0.288 e. The monoisotopic (exact) mass is 453 g/mol. The second-order valence-corrected chi connectivity index (χ2v) is 9.05. The van der Waals surface area contributed by atoms with Gasteiger partial charge in [0.25, 0.3) is 11.6 Å². The molecular weight excluding hydrogens is 434 g/mol. The first-order valence-corrected chi connectivity index (χ1v) is 11.0. The maximum atomic E-state index is 12.9. The number of hydrogen-bond donors (Lipinski definition) is 1. The number of halogens is 1. The molecule has 1 N–H and O–H groups in total. The Hall–Kier alpha value is -2.69. The van der Waals surface area contributed by atoms with E-state index in [2.05, 4.69) is 5.32 Å². The molecule has 30 heavy (non-hydrogen) atoms. The van der Waals surface area contributed by atoms with Gasteiger partial charge in [-0.1, -0.05) is 18.0 Å². The topological polar surface area (TPSA) is 119 Å². The summed E-state index contributed by atoms with van der Waals surface area (Å²) < 4.78 is 32.5. The fraction of sp³-hybridized carbons (Fsp3) is 0.316. The summed E-state index contributed by atoms with van der Waals surface area (Å²) in [7, 11) is -2.33. The van der Waals surface area contributed by atoms with Crippen LogP contribution < -0.4 is 10.1 Å². The molecule has 1 fully saturated rings. The molecule has 2 aromatic carbocycles. The van der Waals surface area contributed by atoms with Crippen LogP contribution in [-0.4, -0.2) is 43.8 Å². The first-order valence-electron chi connectivity index (χ1n) is 9.17. The van der Waals surface area contributed by atoms with E-state index in [-0.39, 0.29) is 26.9 Å². The molecule has 0 aliphatic carbocycles. The molecule has 1 saturated heterocycles. The fourth-order valence-electron chi connectivity index (χ4n) is 3.19. The van der Waals surface area contributed by atoms with E-state index >= 15 is 0 Å². The molecule has 0 spiro atoms. The fourth-order valence-corrected chi connectivity index (χ4v) is 4.92. The van der Waals surface area contributed by atoms with Gasteiger partial charge in [0.2, 0.25) is 10.0 Å². The molecule has 9 nitrogen and oxygen atoms in total. The zero-order valence-corrected chi connectivity index (χ0v) is 17.7. The second kappa shape index (κ2) is 8.99. The van der Waals surface area contributed by atoms with Crippen molar-refractivity contribution >= 4 is 38.9 Å². The number of rotatable bonds is 6. The van der Waals surface area contributed by atoms with Gasteiger partial charge in [0.05, 0.1) is 22.6 Å². The Bertz CT molecular complexity index is 1080. The van der Waals surface area contributed by atoms with Gasteiger partial charge < -0.3 is 10.1 Å². The van der Waals surface area contributed by atoms with Crippen LogP contribution >= 0.6 is 11.6 Å². The highest BCUT2D eigenvalue weighted by molar-refractivity contribution is 7.89. The van der Waals surface area contributed by atoms with E-state index in [1.165, 1.54) is 41.7 Å². The van der Waals surface area contributed by atoms with Crippen molar-refractivity contribution in [1.82, 2.24) is 4.31 Å². The van der Waals surface area contributed by atoms with Gasteiger partial charge >= 0.3 is 0 Å². The number of nitrogens with zero attached hydrogens (tertiary/aromatic N) is 2. The van der Waals surface area contributed by atoms with Gasteiger partial charge in [0, 0.05) is 24.7 Å². The summed E-state index contributed by atoms with van der Waals surface area (Å²) in [6, 6.07) is 7.85. The minimum Gasteiger partial charge on any atom is -0.495 e. The molecule has 0 unspecified atom stereocenters. The molecular formula is C19H20ClN3O6S. The summed E-state index contributed by atoms with van der Waals surface area (Å²) >= 11 is 5.78. The number of nitrogens with one attached hydrogen (secondary N) is 1. The number of piperidine rings is 1. The summed E-state index contributed by atoms with van der Waals surface area (Å²) in [4.78, 5) is 23.0. The summed E-state index contributed by atoms with van der Waals surface area (Å²) in [5, 5.41) is 13.5. The van der Waals surface area contributed by atoms with Gasteiger partial charge in [0.1, 0.15) is 10.8 Å². The third-order valence-electron chi connectivity index (χ3n) is 4.78. The van der Waals surface area contributed by atoms with Gasteiger partial charge in [-0.2, -0.15) is 4.31 Å². The molecule has 0 atom stereocenters. The van der Waals surface area contributed by atoms with E-state index in [1.807, 2.05) is 0 Å². The van der Waals surface area contributed by atoms with Crippen molar-refractivity contribution in [3.05, 3.63) is 57.1 Å². The Labute approximate surface area is 178 Å². The number of ether oxygens (including phenoxy) is 1. The van der Waals surface area contributed by atoms with Crippen LogP contribution in [0.5, 0.6) is 5.75 Å². The number of carbonyl (C=O) groups excluding carboxylic acids is 1. The van der Waals surface area contributed by atoms with Crippen LogP contribution in [-0.2, 0) is 10.0 Å². The molecule has 0 bridgehead atoms. The van der Waals surface area contributed by atoms with Crippen LogP contribution in [0.1, 0.15) is 29.6 Å². The number of anilines is 1. The lowest BCUT2D eigenvalue weighted by atomic mass is 10.2. The van der Waals surface area contributed by atoms with Crippen LogP contribution in [0.3, 0.4) is 0 Å². The number of carbonyl (C=O) groups is 1. The summed E-state index contributed by atoms with van der Waals surface area (Å²) in [5.41, 5.74) is -0.270. The normalized spacial score (nSPS) is 14.9.